The van der Waals surface area contributed by atoms with E-state index >= 15 is 0 Å². The van der Waals surface area contributed by atoms with Gasteiger partial charge in [0.25, 0.3) is 0 Å². The Morgan fingerprint density at radius 1 is 1.18 bits per heavy atom. The summed E-state index contributed by atoms with van der Waals surface area (Å²) in [5.41, 5.74) is 2.69. The van der Waals surface area contributed by atoms with Crippen LogP contribution in [0.5, 0.6) is 0 Å². The van der Waals surface area contributed by atoms with Gasteiger partial charge in [0.2, 0.25) is 5.82 Å². The maximum Gasteiger partial charge on any atom is 0.433 e. The summed E-state index contributed by atoms with van der Waals surface area (Å²) < 4.78 is 7.09. The number of benzene rings is 1. The molecule has 0 aliphatic heterocycles. The van der Waals surface area contributed by atoms with Gasteiger partial charge in [0.15, 0.2) is 11.4 Å². The van der Waals surface area contributed by atoms with Gasteiger partial charge in [-0.25, -0.2) is 0 Å². The Kier molecular flexibility index (Phi) is 2.50. The second-order valence-corrected chi connectivity index (χ2v) is 4.96. The minimum absolute atomic E-state index is 0.313. The Morgan fingerprint density at radius 3 is 2.77 bits per heavy atom. The standard InChI is InChI=1S/C15H10N4O3/c1-9-8-13-16-17-15(12-6-7-14(22-12)19(20)21)18(13)11-5-3-2-4-10(9)11/h2-8H,1H3. The van der Waals surface area contributed by atoms with Gasteiger partial charge >= 0.3 is 5.88 Å². The first-order valence-corrected chi connectivity index (χ1v) is 6.63. The van der Waals surface area contributed by atoms with Crippen molar-refractivity contribution < 1.29 is 9.34 Å². The summed E-state index contributed by atoms with van der Waals surface area (Å²) in [7, 11) is 0. The molecule has 0 N–H and O–H groups in total. The number of rotatable bonds is 2. The lowest BCUT2D eigenvalue weighted by molar-refractivity contribution is -0.401. The van der Waals surface area contributed by atoms with E-state index in [1.807, 2.05) is 41.7 Å². The third-order valence-electron chi connectivity index (χ3n) is 3.60. The number of fused-ring (bicyclic) bond motifs is 3. The van der Waals surface area contributed by atoms with Gasteiger partial charge in [-0.15, -0.1) is 10.2 Å². The Labute approximate surface area is 124 Å². The zero-order valence-electron chi connectivity index (χ0n) is 11.6. The van der Waals surface area contributed by atoms with Crippen LogP contribution in [0, 0.1) is 17.0 Å². The summed E-state index contributed by atoms with van der Waals surface area (Å²) in [5, 5.41) is 20.1. The van der Waals surface area contributed by atoms with Crippen molar-refractivity contribution in [3.8, 4) is 11.6 Å². The summed E-state index contributed by atoms with van der Waals surface area (Å²) in [6.07, 6.45) is 0. The number of para-hydroxylation sites is 1. The van der Waals surface area contributed by atoms with Crippen LogP contribution in [0.2, 0.25) is 0 Å². The summed E-state index contributed by atoms with van der Waals surface area (Å²) in [5.74, 6) is 0.440. The van der Waals surface area contributed by atoms with Crippen molar-refractivity contribution in [2.45, 2.75) is 6.92 Å². The highest BCUT2D eigenvalue weighted by molar-refractivity contribution is 5.86. The quantitative estimate of drug-likeness (QED) is 0.418. The third kappa shape index (κ3) is 1.69. The van der Waals surface area contributed by atoms with Crippen molar-refractivity contribution >= 4 is 22.4 Å². The van der Waals surface area contributed by atoms with Crippen LogP contribution in [0.25, 0.3) is 28.1 Å². The van der Waals surface area contributed by atoms with Crippen LogP contribution in [0.1, 0.15) is 5.56 Å². The zero-order chi connectivity index (χ0) is 15.3. The van der Waals surface area contributed by atoms with E-state index in [-0.39, 0.29) is 5.88 Å². The minimum Gasteiger partial charge on any atom is -0.397 e. The first kappa shape index (κ1) is 12.5. The average molecular weight is 294 g/mol. The van der Waals surface area contributed by atoms with Gasteiger partial charge in [-0.3, -0.25) is 14.5 Å². The lowest BCUT2D eigenvalue weighted by Crippen LogP contribution is -1.93. The average Bonchev–Trinajstić information content (AvgIpc) is 3.13. The molecule has 1 aromatic carbocycles. The van der Waals surface area contributed by atoms with E-state index in [0.29, 0.717) is 17.2 Å². The van der Waals surface area contributed by atoms with Gasteiger partial charge in [0, 0.05) is 5.39 Å². The molecular formula is C15H10N4O3. The molecule has 0 spiro atoms. The normalized spacial score (nSPS) is 11.3. The third-order valence-corrected chi connectivity index (χ3v) is 3.60. The maximum absolute atomic E-state index is 10.8. The molecule has 0 saturated carbocycles. The molecule has 0 unspecified atom stereocenters. The Bertz CT molecular complexity index is 1030. The van der Waals surface area contributed by atoms with Crippen molar-refractivity contribution in [2.75, 3.05) is 0 Å². The van der Waals surface area contributed by atoms with Crippen LogP contribution < -0.4 is 0 Å². The Balaban J connectivity index is 2.06. The van der Waals surface area contributed by atoms with E-state index in [9.17, 15) is 10.1 Å². The summed E-state index contributed by atoms with van der Waals surface area (Å²) in [4.78, 5) is 10.2. The van der Waals surface area contributed by atoms with Gasteiger partial charge in [0.1, 0.15) is 4.92 Å². The summed E-state index contributed by atoms with van der Waals surface area (Å²) in [6, 6.07) is 12.6. The van der Waals surface area contributed by atoms with E-state index in [4.69, 9.17) is 4.42 Å². The number of hydrogen-bond donors (Lipinski definition) is 0. The first-order valence-electron chi connectivity index (χ1n) is 6.63. The van der Waals surface area contributed by atoms with Gasteiger partial charge in [-0.2, -0.15) is 0 Å². The van der Waals surface area contributed by atoms with Crippen LogP contribution in [0.15, 0.2) is 46.9 Å². The number of pyridine rings is 1. The molecule has 4 aromatic rings. The number of nitrogens with zero attached hydrogens (tertiary/aromatic N) is 4. The molecule has 0 aliphatic rings. The van der Waals surface area contributed by atoms with E-state index < -0.39 is 4.92 Å². The molecular weight excluding hydrogens is 284 g/mol. The molecule has 0 aliphatic carbocycles. The van der Waals surface area contributed by atoms with Crippen molar-refractivity contribution in [1.82, 2.24) is 14.6 Å². The van der Waals surface area contributed by atoms with Crippen LogP contribution in [-0.2, 0) is 0 Å². The van der Waals surface area contributed by atoms with Crippen LogP contribution in [0.3, 0.4) is 0 Å². The van der Waals surface area contributed by atoms with Crippen LogP contribution in [-0.4, -0.2) is 19.5 Å². The van der Waals surface area contributed by atoms with Crippen molar-refractivity contribution in [1.29, 1.82) is 0 Å². The minimum atomic E-state index is -0.574. The smallest absolute Gasteiger partial charge is 0.397 e. The molecule has 3 aromatic heterocycles. The lowest BCUT2D eigenvalue weighted by atomic mass is 10.1. The second-order valence-electron chi connectivity index (χ2n) is 4.96. The first-order chi connectivity index (χ1) is 10.6. The molecule has 0 bridgehead atoms. The Hall–Kier alpha value is -3.22. The van der Waals surface area contributed by atoms with E-state index in [2.05, 4.69) is 10.2 Å². The predicted octanol–water partition coefficient (Wildman–Crippen LogP) is 3.36. The molecule has 3 heterocycles. The molecule has 0 fully saturated rings. The highest BCUT2D eigenvalue weighted by Crippen LogP contribution is 2.28. The Morgan fingerprint density at radius 2 is 2.00 bits per heavy atom. The number of nitro groups is 1. The van der Waals surface area contributed by atoms with E-state index in [1.54, 1.807) is 0 Å². The predicted molar refractivity (Wildman–Crippen MR) is 79.6 cm³/mol. The summed E-state index contributed by atoms with van der Waals surface area (Å²) >= 11 is 0. The van der Waals surface area contributed by atoms with Gasteiger partial charge in [-0.1, -0.05) is 18.2 Å². The monoisotopic (exact) mass is 294 g/mol. The highest BCUT2D eigenvalue weighted by Gasteiger charge is 2.19. The van der Waals surface area contributed by atoms with E-state index in [0.717, 1.165) is 16.5 Å². The molecule has 22 heavy (non-hydrogen) atoms. The SMILES string of the molecule is Cc1cc2nnc(-c3ccc([N+](=O)[O-])o3)n2c2ccccc12. The largest absolute Gasteiger partial charge is 0.433 e. The fourth-order valence-electron chi connectivity index (χ4n) is 2.61. The fourth-order valence-corrected chi connectivity index (χ4v) is 2.61. The van der Waals surface area contributed by atoms with E-state index in [1.165, 1.54) is 12.1 Å². The van der Waals surface area contributed by atoms with Gasteiger partial charge in [-0.05, 0) is 30.7 Å². The van der Waals surface area contributed by atoms with Crippen LogP contribution >= 0.6 is 0 Å². The molecule has 0 atom stereocenters. The highest BCUT2D eigenvalue weighted by atomic mass is 16.6. The maximum atomic E-state index is 10.8. The topological polar surface area (TPSA) is 86.5 Å². The number of furan rings is 1. The number of aromatic nitrogens is 3. The molecule has 0 saturated heterocycles. The fraction of sp³-hybridized carbons (Fsp3) is 0.0667. The van der Waals surface area contributed by atoms with Crippen molar-refractivity contribution in [3.05, 3.63) is 58.1 Å². The molecule has 7 nitrogen and oxygen atoms in total. The number of hydrogen-bond acceptors (Lipinski definition) is 5. The van der Waals surface area contributed by atoms with Crippen molar-refractivity contribution in [2.24, 2.45) is 0 Å². The molecule has 108 valence electrons. The second kappa shape index (κ2) is 4.39. The van der Waals surface area contributed by atoms with Crippen LogP contribution in [0.4, 0.5) is 5.88 Å². The van der Waals surface area contributed by atoms with Gasteiger partial charge in [0.05, 0.1) is 11.6 Å². The summed E-state index contributed by atoms with van der Waals surface area (Å²) in [6.45, 7) is 2.01. The lowest BCUT2D eigenvalue weighted by Gasteiger charge is -2.06. The van der Waals surface area contributed by atoms with Crippen molar-refractivity contribution in [3.63, 3.8) is 0 Å². The molecule has 7 heteroatoms. The molecule has 4 rings (SSSR count). The molecule has 0 radical (unpaired) electrons. The number of aryl methyl sites for hydroxylation is 1. The zero-order valence-corrected chi connectivity index (χ0v) is 11.6. The van der Waals surface area contributed by atoms with Gasteiger partial charge < -0.3 is 4.42 Å². The molecule has 0 amide bonds.